The van der Waals surface area contributed by atoms with E-state index in [0.717, 1.165) is 25.7 Å². The molecule has 1 saturated heterocycles. The van der Waals surface area contributed by atoms with Gasteiger partial charge < -0.3 is 10.8 Å². The molecule has 0 aromatic rings. The summed E-state index contributed by atoms with van der Waals surface area (Å²) >= 11 is 0. The predicted molar refractivity (Wildman–Crippen MR) is 62.5 cm³/mol. The summed E-state index contributed by atoms with van der Waals surface area (Å²) in [6.07, 6.45) is 4.60. The van der Waals surface area contributed by atoms with E-state index in [1.54, 1.807) is 6.92 Å². The maximum atomic E-state index is 12.1. The number of Topliss-reactive ketones (excluding diaryl/α,β-unsaturated/α-hetero) is 1. The van der Waals surface area contributed by atoms with E-state index >= 15 is 0 Å². The zero-order chi connectivity index (χ0) is 12.6. The number of ketones is 1. The van der Waals surface area contributed by atoms with Crippen LogP contribution in [0.25, 0.3) is 0 Å². The normalized spacial score (nSPS) is 32.8. The van der Waals surface area contributed by atoms with Crippen LogP contribution in [0.2, 0.25) is 0 Å². The van der Waals surface area contributed by atoms with Crippen molar-refractivity contribution in [1.82, 2.24) is 5.32 Å². The highest BCUT2D eigenvalue weighted by Crippen LogP contribution is 2.48. The van der Waals surface area contributed by atoms with Crippen molar-refractivity contribution in [3.8, 4) is 0 Å². The summed E-state index contributed by atoms with van der Waals surface area (Å²) in [5, 5.41) is 12.1. The lowest BCUT2D eigenvalue weighted by molar-refractivity contribution is -0.139. The molecular formula is C12H20N2O3. The Morgan fingerprint density at radius 2 is 2.00 bits per heavy atom. The summed E-state index contributed by atoms with van der Waals surface area (Å²) in [6.45, 7) is 1.67. The first kappa shape index (κ1) is 12.5. The molecule has 5 heteroatoms. The quantitative estimate of drug-likeness (QED) is 0.659. The molecule has 0 aromatic carbocycles. The molecule has 96 valence electrons. The number of hydrogen-bond donors (Lipinski definition) is 3. The highest BCUT2D eigenvalue weighted by molar-refractivity contribution is 5.91. The number of nitrogens with one attached hydrogen (secondary N) is 1. The number of carboxylic acids is 1. The Morgan fingerprint density at radius 3 is 2.47 bits per heavy atom. The molecule has 3 atom stereocenters. The molecule has 1 heterocycles. The molecule has 1 aliphatic heterocycles. The molecule has 0 bridgehead atoms. The highest BCUT2D eigenvalue weighted by atomic mass is 16.4. The summed E-state index contributed by atoms with van der Waals surface area (Å²) in [5.74, 6) is -0.910. The third kappa shape index (κ3) is 2.09. The molecular weight excluding hydrogens is 220 g/mol. The van der Waals surface area contributed by atoms with E-state index < -0.39 is 18.1 Å². The van der Waals surface area contributed by atoms with Gasteiger partial charge in [-0.15, -0.1) is 0 Å². The van der Waals surface area contributed by atoms with E-state index in [-0.39, 0.29) is 17.2 Å². The van der Waals surface area contributed by atoms with E-state index in [4.69, 9.17) is 10.8 Å². The van der Waals surface area contributed by atoms with E-state index in [0.29, 0.717) is 6.42 Å². The van der Waals surface area contributed by atoms with Gasteiger partial charge in [-0.3, -0.25) is 14.9 Å². The summed E-state index contributed by atoms with van der Waals surface area (Å²) in [5.41, 5.74) is 5.49. The maximum absolute atomic E-state index is 12.1. The van der Waals surface area contributed by atoms with Crippen molar-refractivity contribution in [1.29, 1.82) is 0 Å². The fourth-order valence-electron chi connectivity index (χ4n) is 3.34. The minimum atomic E-state index is -0.865. The third-order valence-corrected chi connectivity index (χ3v) is 4.22. The second-order valence-corrected chi connectivity index (χ2v) is 5.46. The van der Waals surface area contributed by atoms with Crippen LogP contribution in [0.3, 0.4) is 0 Å². The minimum Gasteiger partial charge on any atom is -0.480 e. The van der Waals surface area contributed by atoms with Crippen LogP contribution in [0.4, 0.5) is 0 Å². The van der Waals surface area contributed by atoms with E-state index in [2.05, 4.69) is 5.32 Å². The summed E-state index contributed by atoms with van der Waals surface area (Å²) in [4.78, 5) is 23.2. The van der Waals surface area contributed by atoms with Crippen LogP contribution in [0.15, 0.2) is 0 Å². The first-order valence-corrected chi connectivity index (χ1v) is 6.24. The monoisotopic (exact) mass is 240 g/mol. The summed E-state index contributed by atoms with van der Waals surface area (Å²) in [6, 6.07) is -1.50. The molecule has 0 aromatic heterocycles. The van der Waals surface area contributed by atoms with Crippen molar-refractivity contribution in [2.24, 2.45) is 11.1 Å². The molecule has 4 N–H and O–H groups in total. The Labute approximate surface area is 101 Å². The molecule has 0 amide bonds. The summed E-state index contributed by atoms with van der Waals surface area (Å²) in [7, 11) is 0. The Balaban J connectivity index is 2.22. The molecule has 1 aliphatic carbocycles. The second kappa shape index (κ2) is 4.38. The topological polar surface area (TPSA) is 92.4 Å². The Morgan fingerprint density at radius 1 is 1.41 bits per heavy atom. The van der Waals surface area contributed by atoms with Gasteiger partial charge in [-0.05, 0) is 31.6 Å². The highest BCUT2D eigenvalue weighted by Gasteiger charge is 2.53. The van der Waals surface area contributed by atoms with Crippen molar-refractivity contribution < 1.29 is 14.7 Å². The van der Waals surface area contributed by atoms with Gasteiger partial charge in [0.25, 0.3) is 0 Å². The van der Waals surface area contributed by atoms with Gasteiger partial charge in [0.2, 0.25) is 0 Å². The van der Waals surface area contributed by atoms with Crippen LogP contribution in [-0.4, -0.2) is 35.0 Å². The van der Waals surface area contributed by atoms with E-state index in [1.807, 2.05) is 0 Å². The number of carbonyl (C=O) groups is 2. The van der Waals surface area contributed by atoms with Crippen LogP contribution in [0.5, 0.6) is 0 Å². The lowest BCUT2D eigenvalue weighted by Crippen LogP contribution is -2.50. The Hall–Kier alpha value is -0.940. The first-order chi connectivity index (χ1) is 7.96. The van der Waals surface area contributed by atoms with E-state index in [1.165, 1.54) is 0 Å². The predicted octanol–water partition coefficient (Wildman–Crippen LogP) is 0.278. The molecule has 17 heavy (non-hydrogen) atoms. The average Bonchev–Trinajstić information content (AvgIpc) is 2.86. The molecule has 2 unspecified atom stereocenters. The smallest absolute Gasteiger partial charge is 0.320 e. The van der Waals surface area contributed by atoms with Crippen LogP contribution in [-0.2, 0) is 9.59 Å². The summed E-state index contributed by atoms with van der Waals surface area (Å²) < 4.78 is 0. The standard InChI is InChI=1S/C12H20N2O3/c1-7(13)9(15)10-12(4-2-3-5-12)6-8(14-10)11(16)17/h7-8,10,14H,2-6,13H2,1H3,(H,16,17)/t7-,8?,10?/m0/s1. The number of aliphatic carboxylic acids is 1. The van der Waals surface area contributed by atoms with Gasteiger partial charge in [0.1, 0.15) is 6.04 Å². The molecule has 1 saturated carbocycles. The molecule has 5 nitrogen and oxygen atoms in total. The lowest BCUT2D eigenvalue weighted by atomic mass is 9.75. The van der Waals surface area contributed by atoms with Crippen LogP contribution >= 0.6 is 0 Å². The van der Waals surface area contributed by atoms with Crippen molar-refractivity contribution >= 4 is 11.8 Å². The second-order valence-electron chi connectivity index (χ2n) is 5.46. The van der Waals surface area contributed by atoms with Gasteiger partial charge in [-0.25, -0.2) is 0 Å². The van der Waals surface area contributed by atoms with Gasteiger partial charge in [0.15, 0.2) is 5.78 Å². The van der Waals surface area contributed by atoms with Crippen molar-refractivity contribution in [3.63, 3.8) is 0 Å². The van der Waals surface area contributed by atoms with Crippen LogP contribution < -0.4 is 11.1 Å². The van der Waals surface area contributed by atoms with Crippen LogP contribution in [0, 0.1) is 5.41 Å². The van der Waals surface area contributed by atoms with Crippen molar-refractivity contribution in [2.75, 3.05) is 0 Å². The molecule has 0 radical (unpaired) electrons. The van der Waals surface area contributed by atoms with Crippen LogP contribution in [0.1, 0.15) is 39.0 Å². The minimum absolute atomic E-state index is 0.0457. The fraction of sp³-hybridized carbons (Fsp3) is 0.833. The third-order valence-electron chi connectivity index (χ3n) is 4.22. The van der Waals surface area contributed by atoms with Gasteiger partial charge in [0.05, 0.1) is 12.1 Å². The SMILES string of the molecule is C[C@H](N)C(=O)C1NC(C(=O)O)CC12CCCC2. The number of hydrogen-bond acceptors (Lipinski definition) is 4. The number of carboxylic acid groups (broad SMARTS) is 1. The fourth-order valence-corrected chi connectivity index (χ4v) is 3.34. The molecule has 2 aliphatic rings. The van der Waals surface area contributed by atoms with Crippen molar-refractivity contribution in [3.05, 3.63) is 0 Å². The zero-order valence-electron chi connectivity index (χ0n) is 10.1. The number of nitrogens with two attached hydrogens (primary N) is 1. The number of carbonyl (C=O) groups excluding carboxylic acids is 1. The molecule has 1 spiro atoms. The Kier molecular flexibility index (Phi) is 3.23. The van der Waals surface area contributed by atoms with Crippen molar-refractivity contribution in [2.45, 2.75) is 57.2 Å². The lowest BCUT2D eigenvalue weighted by Gasteiger charge is -2.30. The molecule has 2 fully saturated rings. The first-order valence-electron chi connectivity index (χ1n) is 6.24. The molecule has 2 rings (SSSR count). The van der Waals surface area contributed by atoms with Gasteiger partial charge in [0, 0.05) is 0 Å². The largest absolute Gasteiger partial charge is 0.480 e. The van der Waals surface area contributed by atoms with Gasteiger partial charge in [-0.2, -0.15) is 0 Å². The van der Waals surface area contributed by atoms with Gasteiger partial charge in [-0.1, -0.05) is 12.8 Å². The van der Waals surface area contributed by atoms with Gasteiger partial charge >= 0.3 is 5.97 Å². The number of rotatable bonds is 3. The van der Waals surface area contributed by atoms with E-state index in [9.17, 15) is 9.59 Å². The Bertz CT molecular complexity index is 335. The zero-order valence-corrected chi connectivity index (χ0v) is 10.1. The maximum Gasteiger partial charge on any atom is 0.320 e. The average molecular weight is 240 g/mol.